The SMILES string of the molecule is COc1ccc(Cl)cc1CN(C)C(=O)c1ccc(-n2ccnc2SC)cc1. The van der Waals surface area contributed by atoms with Gasteiger partial charge in [-0.15, -0.1) is 0 Å². The van der Waals surface area contributed by atoms with Crippen LogP contribution >= 0.6 is 23.4 Å². The average Bonchev–Trinajstić information content (AvgIpc) is 3.16. The molecule has 0 fully saturated rings. The molecule has 3 rings (SSSR count). The number of halogens is 1. The molecule has 0 spiro atoms. The van der Waals surface area contributed by atoms with Crippen molar-refractivity contribution in [2.24, 2.45) is 0 Å². The Balaban J connectivity index is 1.77. The predicted molar refractivity (Wildman–Crippen MR) is 109 cm³/mol. The molecule has 0 N–H and O–H groups in total. The normalized spacial score (nSPS) is 10.7. The molecule has 0 unspecified atom stereocenters. The summed E-state index contributed by atoms with van der Waals surface area (Å²) in [4.78, 5) is 18.7. The van der Waals surface area contributed by atoms with Crippen molar-refractivity contribution in [1.29, 1.82) is 0 Å². The van der Waals surface area contributed by atoms with Crippen LogP contribution in [0.2, 0.25) is 5.02 Å². The average molecular weight is 402 g/mol. The van der Waals surface area contributed by atoms with Gasteiger partial charge in [0.2, 0.25) is 0 Å². The first kappa shape index (κ1) is 19.3. The zero-order valence-electron chi connectivity index (χ0n) is 15.3. The zero-order valence-corrected chi connectivity index (χ0v) is 16.9. The van der Waals surface area contributed by atoms with Gasteiger partial charge in [0, 0.05) is 47.8 Å². The third-order valence-corrected chi connectivity index (χ3v) is 5.08. The Hall–Kier alpha value is -2.44. The molecule has 27 heavy (non-hydrogen) atoms. The van der Waals surface area contributed by atoms with Gasteiger partial charge in [0.25, 0.3) is 5.91 Å². The second-order valence-corrected chi connectivity index (χ2v) is 7.16. The van der Waals surface area contributed by atoms with Crippen molar-refractivity contribution in [2.45, 2.75) is 11.7 Å². The number of rotatable bonds is 6. The van der Waals surface area contributed by atoms with Crippen LogP contribution in [0.5, 0.6) is 5.75 Å². The van der Waals surface area contributed by atoms with E-state index in [1.165, 1.54) is 0 Å². The monoisotopic (exact) mass is 401 g/mol. The van der Waals surface area contributed by atoms with Gasteiger partial charge in [0.1, 0.15) is 5.75 Å². The molecule has 0 aliphatic carbocycles. The summed E-state index contributed by atoms with van der Waals surface area (Å²) in [5, 5.41) is 1.51. The van der Waals surface area contributed by atoms with E-state index in [-0.39, 0.29) is 5.91 Å². The van der Waals surface area contributed by atoms with Crippen molar-refractivity contribution in [3.05, 3.63) is 71.0 Å². The Bertz CT molecular complexity index is 941. The fraction of sp³-hybridized carbons (Fsp3) is 0.200. The summed E-state index contributed by atoms with van der Waals surface area (Å²) in [6.45, 7) is 0.405. The van der Waals surface area contributed by atoms with E-state index in [0.717, 1.165) is 16.4 Å². The Labute approximate surface area is 167 Å². The number of carbonyl (C=O) groups excluding carboxylic acids is 1. The Morgan fingerprint density at radius 3 is 2.67 bits per heavy atom. The molecular formula is C20H20ClN3O2S. The van der Waals surface area contributed by atoms with Crippen LogP contribution in [0.3, 0.4) is 0 Å². The van der Waals surface area contributed by atoms with E-state index in [4.69, 9.17) is 16.3 Å². The number of nitrogens with zero attached hydrogens (tertiary/aromatic N) is 3. The number of amides is 1. The summed E-state index contributed by atoms with van der Waals surface area (Å²) in [6, 6.07) is 12.9. The molecule has 1 aromatic heterocycles. The number of carbonyl (C=O) groups is 1. The number of hydrogen-bond donors (Lipinski definition) is 0. The highest BCUT2D eigenvalue weighted by Gasteiger charge is 2.15. The molecule has 0 aliphatic heterocycles. The van der Waals surface area contributed by atoms with Gasteiger partial charge >= 0.3 is 0 Å². The van der Waals surface area contributed by atoms with Gasteiger partial charge in [-0.2, -0.15) is 0 Å². The summed E-state index contributed by atoms with van der Waals surface area (Å²) in [7, 11) is 3.37. The molecule has 0 saturated carbocycles. The van der Waals surface area contributed by atoms with Crippen molar-refractivity contribution >= 4 is 29.3 Å². The second-order valence-electron chi connectivity index (χ2n) is 5.95. The van der Waals surface area contributed by atoms with Crippen LogP contribution in [-0.2, 0) is 6.54 Å². The molecular weight excluding hydrogens is 382 g/mol. The lowest BCUT2D eigenvalue weighted by Gasteiger charge is -2.19. The molecule has 2 aromatic carbocycles. The molecule has 7 heteroatoms. The van der Waals surface area contributed by atoms with E-state index in [1.807, 2.05) is 47.4 Å². The third-order valence-electron chi connectivity index (χ3n) is 4.18. The first-order chi connectivity index (χ1) is 13.0. The summed E-state index contributed by atoms with van der Waals surface area (Å²) >= 11 is 7.65. The summed E-state index contributed by atoms with van der Waals surface area (Å²) in [5.74, 6) is 0.637. The van der Waals surface area contributed by atoms with Gasteiger partial charge in [-0.25, -0.2) is 4.98 Å². The van der Waals surface area contributed by atoms with E-state index < -0.39 is 0 Å². The molecule has 0 bridgehead atoms. The van der Waals surface area contributed by atoms with Gasteiger partial charge in [-0.1, -0.05) is 23.4 Å². The second kappa shape index (κ2) is 8.50. The van der Waals surface area contributed by atoms with E-state index in [1.54, 1.807) is 49.1 Å². The molecule has 1 heterocycles. The standard InChI is InChI=1S/C20H20ClN3O2S/c1-23(13-15-12-16(21)6-9-18(15)26-2)19(25)14-4-7-17(8-5-14)24-11-10-22-20(24)27-3/h4-12H,13H2,1-3H3. The number of imidazole rings is 1. The number of benzene rings is 2. The molecule has 0 saturated heterocycles. The van der Waals surface area contributed by atoms with Crippen LogP contribution in [-0.4, -0.2) is 40.8 Å². The van der Waals surface area contributed by atoms with Crippen LogP contribution in [0.25, 0.3) is 5.69 Å². The lowest BCUT2D eigenvalue weighted by Crippen LogP contribution is -2.26. The van der Waals surface area contributed by atoms with Gasteiger partial charge in [-0.05, 0) is 48.7 Å². The number of ether oxygens (including phenoxy) is 1. The number of methoxy groups -OCH3 is 1. The Morgan fingerprint density at radius 1 is 1.26 bits per heavy atom. The molecule has 5 nitrogen and oxygen atoms in total. The zero-order chi connectivity index (χ0) is 19.4. The third kappa shape index (κ3) is 4.28. The predicted octanol–water partition coefficient (Wildman–Crippen LogP) is 4.53. The molecule has 140 valence electrons. The fourth-order valence-electron chi connectivity index (χ4n) is 2.82. The maximum atomic E-state index is 12.8. The molecule has 0 aliphatic rings. The lowest BCUT2D eigenvalue weighted by molar-refractivity contribution is 0.0784. The van der Waals surface area contributed by atoms with E-state index in [0.29, 0.717) is 22.9 Å². The van der Waals surface area contributed by atoms with Crippen molar-refractivity contribution in [3.8, 4) is 11.4 Å². The van der Waals surface area contributed by atoms with Crippen LogP contribution < -0.4 is 4.74 Å². The minimum absolute atomic E-state index is 0.0701. The van der Waals surface area contributed by atoms with Gasteiger partial charge in [0.05, 0.1) is 7.11 Å². The van der Waals surface area contributed by atoms with Crippen molar-refractivity contribution in [2.75, 3.05) is 20.4 Å². The maximum absolute atomic E-state index is 12.8. The lowest BCUT2D eigenvalue weighted by atomic mass is 10.1. The van der Waals surface area contributed by atoms with Crippen molar-refractivity contribution in [3.63, 3.8) is 0 Å². The largest absolute Gasteiger partial charge is 0.496 e. The quantitative estimate of drug-likeness (QED) is 0.569. The van der Waals surface area contributed by atoms with Crippen LogP contribution in [0, 0.1) is 0 Å². The summed E-state index contributed by atoms with van der Waals surface area (Å²) < 4.78 is 7.34. The van der Waals surface area contributed by atoms with Crippen molar-refractivity contribution in [1.82, 2.24) is 14.5 Å². The fourth-order valence-corrected chi connectivity index (χ4v) is 3.54. The molecule has 0 radical (unpaired) electrons. The first-order valence-corrected chi connectivity index (χ1v) is 9.89. The van der Waals surface area contributed by atoms with Crippen LogP contribution in [0.4, 0.5) is 0 Å². The summed E-state index contributed by atoms with van der Waals surface area (Å²) in [5.41, 5.74) is 2.45. The summed E-state index contributed by atoms with van der Waals surface area (Å²) in [6.07, 6.45) is 5.65. The molecule has 1 amide bonds. The number of hydrogen-bond acceptors (Lipinski definition) is 4. The highest BCUT2D eigenvalue weighted by Crippen LogP contribution is 2.24. The highest BCUT2D eigenvalue weighted by molar-refractivity contribution is 7.98. The number of thioether (sulfide) groups is 1. The smallest absolute Gasteiger partial charge is 0.253 e. The maximum Gasteiger partial charge on any atom is 0.253 e. The van der Waals surface area contributed by atoms with Gasteiger partial charge in [-0.3, -0.25) is 9.36 Å². The topological polar surface area (TPSA) is 47.4 Å². The van der Waals surface area contributed by atoms with Crippen LogP contribution in [0.1, 0.15) is 15.9 Å². The van der Waals surface area contributed by atoms with Crippen LogP contribution in [0.15, 0.2) is 60.0 Å². The molecule has 0 atom stereocenters. The van der Waals surface area contributed by atoms with E-state index in [9.17, 15) is 4.79 Å². The Kier molecular flexibility index (Phi) is 6.08. The highest BCUT2D eigenvalue weighted by atomic mass is 35.5. The minimum Gasteiger partial charge on any atom is -0.496 e. The molecule has 3 aromatic rings. The van der Waals surface area contributed by atoms with Crippen molar-refractivity contribution < 1.29 is 9.53 Å². The van der Waals surface area contributed by atoms with Gasteiger partial charge in [0.15, 0.2) is 5.16 Å². The van der Waals surface area contributed by atoms with E-state index >= 15 is 0 Å². The minimum atomic E-state index is -0.0701. The first-order valence-electron chi connectivity index (χ1n) is 8.29. The Morgan fingerprint density at radius 2 is 2.00 bits per heavy atom. The number of aromatic nitrogens is 2. The van der Waals surface area contributed by atoms with E-state index in [2.05, 4.69) is 4.98 Å². The van der Waals surface area contributed by atoms with Gasteiger partial charge < -0.3 is 9.64 Å².